The Labute approximate surface area is 106 Å². The summed E-state index contributed by atoms with van der Waals surface area (Å²) in [5, 5.41) is 4.11. The molecule has 0 aliphatic heterocycles. The van der Waals surface area contributed by atoms with Crippen molar-refractivity contribution in [2.24, 2.45) is 5.10 Å². The molecule has 0 radical (unpaired) electrons. The first kappa shape index (κ1) is 12.1. The van der Waals surface area contributed by atoms with Crippen LogP contribution < -0.4 is 5.43 Å². The van der Waals surface area contributed by atoms with Crippen molar-refractivity contribution >= 4 is 11.6 Å². The van der Waals surface area contributed by atoms with E-state index in [9.17, 15) is 4.79 Å². The first-order valence-corrected chi connectivity index (χ1v) is 5.72. The maximum atomic E-state index is 11.7. The summed E-state index contributed by atoms with van der Waals surface area (Å²) in [6.07, 6.45) is 1.70. The lowest BCUT2D eigenvalue weighted by atomic mass is 10.1. The Morgan fingerprint density at radius 1 is 1.22 bits per heavy atom. The van der Waals surface area contributed by atoms with E-state index in [2.05, 4.69) is 15.5 Å². The van der Waals surface area contributed by atoms with Gasteiger partial charge in [0.05, 0.1) is 5.71 Å². The topological polar surface area (TPSA) is 57.2 Å². The van der Waals surface area contributed by atoms with Gasteiger partial charge in [-0.2, -0.15) is 5.10 Å². The smallest absolute Gasteiger partial charge is 0.287 e. The Morgan fingerprint density at radius 3 is 2.67 bits per heavy atom. The van der Waals surface area contributed by atoms with Crippen molar-refractivity contribution in [3.8, 4) is 0 Å². The normalized spacial score (nSPS) is 11.3. The van der Waals surface area contributed by atoms with Gasteiger partial charge in [-0.05, 0) is 31.5 Å². The molecule has 92 valence electrons. The van der Waals surface area contributed by atoms with Gasteiger partial charge in [-0.25, -0.2) is 5.43 Å². The zero-order valence-corrected chi connectivity index (χ0v) is 10.4. The monoisotopic (exact) mass is 241 g/mol. The maximum absolute atomic E-state index is 11.7. The van der Waals surface area contributed by atoms with Gasteiger partial charge >= 0.3 is 0 Å². The third-order valence-corrected chi connectivity index (χ3v) is 2.70. The molecule has 0 atom stereocenters. The Bertz CT molecular complexity index is 570. The highest BCUT2D eigenvalue weighted by Crippen LogP contribution is 2.08. The predicted molar refractivity (Wildman–Crippen MR) is 71.6 cm³/mol. The lowest BCUT2D eigenvalue weighted by molar-refractivity contribution is 0.0950. The van der Waals surface area contributed by atoms with E-state index in [-0.39, 0.29) is 5.91 Å². The van der Waals surface area contributed by atoms with Crippen LogP contribution in [-0.4, -0.2) is 16.6 Å². The van der Waals surface area contributed by atoms with Crippen LogP contribution in [0.4, 0.5) is 0 Å². The van der Waals surface area contributed by atoms with Crippen LogP contribution in [0.25, 0.3) is 0 Å². The molecule has 4 nitrogen and oxygen atoms in total. The van der Waals surface area contributed by atoms with Crippen molar-refractivity contribution in [1.29, 1.82) is 0 Å². The van der Waals surface area contributed by atoms with Crippen molar-refractivity contribution in [2.75, 3.05) is 0 Å². The second kappa shape index (κ2) is 5.31. The first-order chi connectivity index (χ1) is 8.68. The van der Waals surface area contributed by atoms with Crippen LogP contribution in [0.2, 0.25) is 0 Å². The number of H-pyrrole nitrogens is 1. The highest BCUT2D eigenvalue weighted by Gasteiger charge is 2.05. The molecule has 1 aromatic carbocycles. The summed E-state index contributed by atoms with van der Waals surface area (Å²) in [6, 6.07) is 11.4. The molecule has 0 spiro atoms. The second-order valence-electron chi connectivity index (χ2n) is 4.04. The van der Waals surface area contributed by atoms with E-state index in [1.54, 1.807) is 18.3 Å². The molecule has 0 bridgehead atoms. The van der Waals surface area contributed by atoms with E-state index in [0.717, 1.165) is 16.8 Å². The highest BCUT2D eigenvalue weighted by atomic mass is 16.2. The number of hydrogen-bond donors (Lipinski definition) is 2. The number of hydrogen-bond acceptors (Lipinski definition) is 2. The molecule has 0 fully saturated rings. The number of aromatic nitrogens is 1. The zero-order valence-electron chi connectivity index (χ0n) is 10.4. The molecule has 1 amide bonds. The fraction of sp³-hybridized carbons (Fsp3) is 0.143. The predicted octanol–water partition coefficient (Wildman–Crippen LogP) is 2.48. The summed E-state index contributed by atoms with van der Waals surface area (Å²) in [7, 11) is 0. The minimum absolute atomic E-state index is 0.243. The molecule has 0 aliphatic carbocycles. The molecule has 2 N–H and O–H groups in total. The number of hydrazone groups is 1. The molecule has 0 unspecified atom stereocenters. The Hall–Kier alpha value is -2.36. The molecular formula is C14H15N3O. The van der Waals surface area contributed by atoms with Gasteiger partial charge in [-0.15, -0.1) is 0 Å². The Balaban J connectivity index is 2.11. The van der Waals surface area contributed by atoms with Gasteiger partial charge in [0.25, 0.3) is 5.91 Å². The minimum Gasteiger partial charge on any atom is -0.357 e. The average Bonchev–Trinajstić information content (AvgIpc) is 2.90. The summed E-state index contributed by atoms with van der Waals surface area (Å²) in [5.41, 5.74) is 5.97. The van der Waals surface area contributed by atoms with E-state index < -0.39 is 0 Å². The summed E-state index contributed by atoms with van der Waals surface area (Å²) >= 11 is 0. The molecule has 0 saturated heterocycles. The third kappa shape index (κ3) is 2.66. The Morgan fingerprint density at radius 2 is 2.00 bits per heavy atom. The molecule has 1 aromatic heterocycles. The Kier molecular flexibility index (Phi) is 3.57. The van der Waals surface area contributed by atoms with E-state index in [4.69, 9.17) is 0 Å². The molecule has 18 heavy (non-hydrogen) atoms. The minimum atomic E-state index is -0.243. The average molecular weight is 241 g/mol. The molecular weight excluding hydrogens is 226 g/mol. The molecule has 0 aliphatic rings. The molecule has 4 heteroatoms. The van der Waals surface area contributed by atoms with Gasteiger partial charge in [0.1, 0.15) is 5.69 Å². The van der Waals surface area contributed by atoms with Crippen molar-refractivity contribution in [3.63, 3.8) is 0 Å². The molecule has 2 rings (SSSR count). The number of aryl methyl sites for hydroxylation is 1. The van der Waals surface area contributed by atoms with Crippen molar-refractivity contribution < 1.29 is 4.79 Å². The van der Waals surface area contributed by atoms with Gasteiger partial charge in [0.2, 0.25) is 0 Å². The van der Waals surface area contributed by atoms with Crippen LogP contribution in [-0.2, 0) is 0 Å². The first-order valence-electron chi connectivity index (χ1n) is 5.72. The number of carbonyl (C=O) groups excluding carboxylic acids is 1. The number of benzene rings is 1. The van der Waals surface area contributed by atoms with Crippen LogP contribution in [0.15, 0.2) is 47.7 Å². The van der Waals surface area contributed by atoms with E-state index in [0.29, 0.717) is 5.69 Å². The third-order valence-electron chi connectivity index (χ3n) is 2.70. The van der Waals surface area contributed by atoms with Crippen LogP contribution in [0.3, 0.4) is 0 Å². The van der Waals surface area contributed by atoms with Gasteiger partial charge in [-0.3, -0.25) is 4.79 Å². The largest absolute Gasteiger partial charge is 0.357 e. The fourth-order valence-electron chi connectivity index (χ4n) is 1.71. The van der Waals surface area contributed by atoms with E-state index in [1.165, 1.54) is 0 Å². The van der Waals surface area contributed by atoms with Crippen LogP contribution in [0.1, 0.15) is 28.5 Å². The standard InChI is InChI=1S/C14H15N3O/c1-10-6-3-4-7-12(10)11(2)16-17-14(18)13-8-5-9-15-13/h3-9,15H,1-2H3,(H,17,18)/b16-11-. The van der Waals surface area contributed by atoms with Gasteiger partial charge < -0.3 is 4.98 Å². The molecule has 0 saturated carbocycles. The number of aromatic amines is 1. The van der Waals surface area contributed by atoms with Gasteiger partial charge in [0.15, 0.2) is 0 Å². The fourth-order valence-corrected chi connectivity index (χ4v) is 1.71. The van der Waals surface area contributed by atoms with Crippen molar-refractivity contribution in [3.05, 3.63) is 59.4 Å². The van der Waals surface area contributed by atoms with E-state index >= 15 is 0 Å². The number of amides is 1. The lowest BCUT2D eigenvalue weighted by Gasteiger charge is -2.05. The summed E-state index contributed by atoms with van der Waals surface area (Å²) in [5.74, 6) is -0.243. The highest BCUT2D eigenvalue weighted by molar-refractivity contribution is 6.01. The van der Waals surface area contributed by atoms with E-state index in [1.807, 2.05) is 38.1 Å². The second-order valence-corrected chi connectivity index (χ2v) is 4.04. The summed E-state index contributed by atoms with van der Waals surface area (Å²) in [4.78, 5) is 14.5. The van der Waals surface area contributed by atoms with Crippen molar-refractivity contribution in [1.82, 2.24) is 10.4 Å². The number of nitrogens with zero attached hydrogens (tertiary/aromatic N) is 1. The maximum Gasteiger partial charge on any atom is 0.287 e. The lowest BCUT2D eigenvalue weighted by Crippen LogP contribution is -2.19. The number of carbonyl (C=O) groups is 1. The summed E-state index contributed by atoms with van der Waals surface area (Å²) < 4.78 is 0. The van der Waals surface area contributed by atoms with Crippen LogP contribution in [0.5, 0.6) is 0 Å². The zero-order chi connectivity index (χ0) is 13.0. The SMILES string of the molecule is C/C(=N/NC(=O)c1ccc[nH]1)c1ccccc1C. The number of rotatable bonds is 3. The number of nitrogens with one attached hydrogen (secondary N) is 2. The van der Waals surface area contributed by atoms with Crippen molar-refractivity contribution in [2.45, 2.75) is 13.8 Å². The summed E-state index contributed by atoms with van der Waals surface area (Å²) in [6.45, 7) is 3.89. The quantitative estimate of drug-likeness (QED) is 0.629. The van der Waals surface area contributed by atoms with Crippen LogP contribution >= 0.6 is 0 Å². The molecule has 2 aromatic rings. The van der Waals surface area contributed by atoms with Gasteiger partial charge in [-0.1, -0.05) is 24.3 Å². The molecule has 1 heterocycles. The van der Waals surface area contributed by atoms with Gasteiger partial charge in [0, 0.05) is 11.8 Å². The van der Waals surface area contributed by atoms with Crippen LogP contribution in [0, 0.1) is 6.92 Å².